The molecule has 1 unspecified atom stereocenters. The molecule has 7 heteroatoms. The Balaban J connectivity index is 1.74. The van der Waals surface area contributed by atoms with Crippen molar-refractivity contribution in [3.05, 3.63) is 64.6 Å². The molecule has 0 fully saturated rings. The molecule has 138 valence electrons. The van der Waals surface area contributed by atoms with Crippen molar-refractivity contribution >= 4 is 29.2 Å². The van der Waals surface area contributed by atoms with E-state index in [9.17, 15) is 4.79 Å². The van der Waals surface area contributed by atoms with Crippen LogP contribution in [0.2, 0.25) is 10.0 Å². The second kappa shape index (κ2) is 10.1. The summed E-state index contributed by atoms with van der Waals surface area (Å²) in [5, 5.41) is 6.52. The van der Waals surface area contributed by atoms with Crippen LogP contribution in [0.4, 0.5) is 4.79 Å². The van der Waals surface area contributed by atoms with E-state index in [1.807, 2.05) is 25.1 Å². The summed E-state index contributed by atoms with van der Waals surface area (Å²) < 4.78 is 5.60. The Labute approximate surface area is 164 Å². The molecule has 0 spiro atoms. The van der Waals surface area contributed by atoms with Gasteiger partial charge in [-0.2, -0.15) is 0 Å². The van der Waals surface area contributed by atoms with E-state index < -0.39 is 0 Å². The minimum absolute atomic E-state index is 0.122. The third-order valence-corrected chi connectivity index (χ3v) is 4.37. The van der Waals surface area contributed by atoms with Crippen molar-refractivity contribution in [1.82, 2.24) is 15.6 Å². The van der Waals surface area contributed by atoms with Crippen molar-refractivity contribution in [1.29, 1.82) is 0 Å². The van der Waals surface area contributed by atoms with Gasteiger partial charge in [0.15, 0.2) is 0 Å². The van der Waals surface area contributed by atoms with E-state index in [-0.39, 0.29) is 12.1 Å². The molecule has 0 radical (unpaired) electrons. The maximum absolute atomic E-state index is 11.9. The first-order valence-corrected chi connectivity index (χ1v) is 9.14. The SMILES string of the molecule is [CH2+]C(CC)Oc1cccc(CCNC(=O)NCc2ccc(Cl)c(Cl)c2)n1. The number of hydrogen-bond donors (Lipinski definition) is 2. The Bertz CT molecular complexity index is 740. The van der Waals surface area contributed by atoms with Gasteiger partial charge >= 0.3 is 6.03 Å². The number of pyridine rings is 1. The van der Waals surface area contributed by atoms with Crippen LogP contribution in [0.5, 0.6) is 5.88 Å². The van der Waals surface area contributed by atoms with Gasteiger partial charge in [-0.25, -0.2) is 9.78 Å². The number of benzene rings is 1. The summed E-state index contributed by atoms with van der Waals surface area (Å²) in [6.45, 7) is 6.71. The number of ether oxygens (including phenoxy) is 1. The van der Waals surface area contributed by atoms with E-state index in [4.69, 9.17) is 27.9 Å². The molecule has 2 aromatic rings. The van der Waals surface area contributed by atoms with Gasteiger partial charge in [0.1, 0.15) is 6.92 Å². The van der Waals surface area contributed by atoms with E-state index in [1.54, 1.807) is 18.2 Å². The van der Waals surface area contributed by atoms with Crippen LogP contribution in [0.3, 0.4) is 0 Å². The summed E-state index contributed by atoms with van der Waals surface area (Å²) >= 11 is 11.8. The Morgan fingerprint density at radius 1 is 1.23 bits per heavy atom. The predicted molar refractivity (Wildman–Crippen MR) is 105 cm³/mol. The smallest absolute Gasteiger partial charge is 0.315 e. The minimum atomic E-state index is -0.257. The maximum Gasteiger partial charge on any atom is 0.315 e. The number of amides is 2. The molecule has 1 aromatic carbocycles. The topological polar surface area (TPSA) is 63.2 Å². The average molecular weight is 395 g/mol. The van der Waals surface area contributed by atoms with Gasteiger partial charge < -0.3 is 15.4 Å². The monoisotopic (exact) mass is 394 g/mol. The van der Waals surface area contributed by atoms with Gasteiger partial charge in [-0.15, -0.1) is 0 Å². The summed E-state index contributed by atoms with van der Waals surface area (Å²) in [5.74, 6) is 0.549. The molecule has 0 aliphatic rings. The van der Waals surface area contributed by atoms with Crippen LogP contribution in [0, 0.1) is 6.92 Å². The van der Waals surface area contributed by atoms with Crippen LogP contribution in [0.1, 0.15) is 24.6 Å². The molecule has 2 amide bonds. The standard InChI is InChI=1S/C19H21Cl2N3O2/c1-3-13(2)26-18-6-4-5-15(24-18)9-10-22-19(25)23-12-14-7-8-16(20)17(21)11-14/h4-8,11,13H,2-3,9-10,12H2,1H3,(H-,22,23,25)/p+1. The first-order valence-electron chi connectivity index (χ1n) is 8.39. The van der Waals surface area contributed by atoms with Crippen molar-refractivity contribution in [2.45, 2.75) is 32.4 Å². The van der Waals surface area contributed by atoms with Crippen LogP contribution >= 0.6 is 23.2 Å². The molecule has 0 aliphatic carbocycles. The number of urea groups is 1. The summed E-state index contributed by atoms with van der Waals surface area (Å²) in [7, 11) is 0. The van der Waals surface area contributed by atoms with Crippen LogP contribution in [-0.4, -0.2) is 23.7 Å². The summed E-state index contributed by atoms with van der Waals surface area (Å²) in [4.78, 5) is 16.3. The number of rotatable bonds is 8. The lowest BCUT2D eigenvalue weighted by molar-refractivity contribution is 0.232. The fourth-order valence-electron chi connectivity index (χ4n) is 2.12. The molecule has 0 bridgehead atoms. The highest BCUT2D eigenvalue weighted by Crippen LogP contribution is 2.22. The van der Waals surface area contributed by atoms with Crippen LogP contribution < -0.4 is 15.4 Å². The van der Waals surface area contributed by atoms with Gasteiger partial charge in [0.2, 0.25) is 12.0 Å². The van der Waals surface area contributed by atoms with E-state index in [2.05, 4.69) is 22.5 Å². The second-order valence-electron chi connectivity index (χ2n) is 5.72. The van der Waals surface area contributed by atoms with E-state index in [1.165, 1.54) is 0 Å². The molecular formula is C19H22Cl2N3O2+. The number of halogens is 2. The first-order chi connectivity index (χ1) is 12.5. The van der Waals surface area contributed by atoms with Gasteiger partial charge in [-0.05, 0) is 23.8 Å². The van der Waals surface area contributed by atoms with Crippen molar-refractivity contribution in [3.63, 3.8) is 0 Å². The van der Waals surface area contributed by atoms with Gasteiger partial charge in [0.05, 0.1) is 10.0 Å². The molecule has 2 N–H and O–H groups in total. The lowest BCUT2D eigenvalue weighted by atomic mass is 10.2. The molecular weight excluding hydrogens is 373 g/mol. The number of nitrogens with one attached hydrogen (secondary N) is 2. The Kier molecular flexibility index (Phi) is 7.88. The molecule has 0 saturated carbocycles. The predicted octanol–water partition coefficient (Wildman–Crippen LogP) is 4.42. The number of hydrogen-bond acceptors (Lipinski definition) is 3. The first kappa shape index (κ1) is 20.2. The Hall–Kier alpha value is -2.11. The van der Waals surface area contributed by atoms with E-state index in [0.717, 1.165) is 17.7 Å². The fraction of sp³-hybridized carbons (Fsp3) is 0.316. The zero-order valence-electron chi connectivity index (χ0n) is 14.6. The second-order valence-corrected chi connectivity index (χ2v) is 6.54. The number of carbonyl (C=O) groups is 1. The number of nitrogens with zero attached hydrogens (tertiary/aromatic N) is 1. The van der Waals surface area contributed by atoms with Crippen molar-refractivity contribution in [3.8, 4) is 5.88 Å². The van der Waals surface area contributed by atoms with Crippen LogP contribution in [0.25, 0.3) is 0 Å². The molecule has 2 rings (SSSR count). The van der Waals surface area contributed by atoms with Crippen LogP contribution in [-0.2, 0) is 13.0 Å². The Morgan fingerprint density at radius 3 is 2.77 bits per heavy atom. The van der Waals surface area contributed by atoms with Crippen LogP contribution in [0.15, 0.2) is 36.4 Å². The van der Waals surface area contributed by atoms with Crippen molar-refractivity contribution in [2.75, 3.05) is 6.54 Å². The lowest BCUT2D eigenvalue weighted by Crippen LogP contribution is -2.36. The van der Waals surface area contributed by atoms with Gasteiger partial charge in [-0.1, -0.05) is 42.3 Å². The highest BCUT2D eigenvalue weighted by Gasteiger charge is 2.08. The van der Waals surface area contributed by atoms with Crippen molar-refractivity contribution < 1.29 is 9.53 Å². The van der Waals surface area contributed by atoms with Crippen molar-refractivity contribution in [2.24, 2.45) is 0 Å². The van der Waals surface area contributed by atoms with Gasteiger partial charge in [0, 0.05) is 37.7 Å². The average Bonchev–Trinajstić information content (AvgIpc) is 2.63. The normalized spacial score (nSPS) is 11.7. The molecule has 5 nitrogen and oxygen atoms in total. The fourth-order valence-corrected chi connectivity index (χ4v) is 2.44. The van der Waals surface area contributed by atoms with E-state index >= 15 is 0 Å². The zero-order chi connectivity index (χ0) is 18.9. The highest BCUT2D eigenvalue weighted by molar-refractivity contribution is 6.42. The molecule has 1 atom stereocenters. The quantitative estimate of drug-likeness (QED) is 0.651. The Morgan fingerprint density at radius 2 is 2.04 bits per heavy atom. The molecule has 0 aliphatic heterocycles. The summed E-state index contributed by atoms with van der Waals surface area (Å²) in [6.07, 6.45) is 1.29. The summed E-state index contributed by atoms with van der Waals surface area (Å²) in [5.41, 5.74) is 1.72. The maximum atomic E-state index is 11.9. The lowest BCUT2D eigenvalue weighted by Gasteiger charge is -2.10. The minimum Gasteiger partial charge on any atom is -0.434 e. The number of carbonyl (C=O) groups excluding carboxylic acids is 1. The summed E-state index contributed by atoms with van der Waals surface area (Å²) in [6, 6.07) is 10.6. The molecule has 26 heavy (non-hydrogen) atoms. The highest BCUT2D eigenvalue weighted by atomic mass is 35.5. The van der Waals surface area contributed by atoms with E-state index in [0.29, 0.717) is 35.4 Å². The third kappa shape index (κ3) is 6.65. The molecule has 0 saturated heterocycles. The largest absolute Gasteiger partial charge is 0.434 e. The van der Waals surface area contributed by atoms with Gasteiger partial charge in [0.25, 0.3) is 0 Å². The zero-order valence-corrected chi connectivity index (χ0v) is 16.1. The third-order valence-electron chi connectivity index (χ3n) is 3.63. The molecule has 1 aromatic heterocycles. The van der Waals surface area contributed by atoms with Gasteiger partial charge in [-0.3, -0.25) is 0 Å². The molecule has 1 heterocycles. The number of aromatic nitrogens is 1.